The van der Waals surface area contributed by atoms with Crippen LogP contribution in [-0.4, -0.2) is 32.8 Å². The van der Waals surface area contributed by atoms with Crippen molar-refractivity contribution in [2.45, 2.75) is 6.10 Å². The van der Waals surface area contributed by atoms with Crippen LogP contribution < -0.4 is 19.1 Å². The Morgan fingerprint density at radius 3 is 2.04 bits per heavy atom. The maximum atomic E-state index is 12.6. The molecule has 1 fully saturated rings. The Bertz CT molecular complexity index is 967. The van der Waals surface area contributed by atoms with E-state index in [-0.39, 0.29) is 5.91 Å². The van der Waals surface area contributed by atoms with Gasteiger partial charge in [0, 0.05) is 11.3 Å². The summed E-state index contributed by atoms with van der Waals surface area (Å²) in [4.78, 5) is 14.3. The molecule has 1 aliphatic heterocycles. The molecule has 0 aromatic heterocycles. The van der Waals surface area contributed by atoms with E-state index in [9.17, 15) is 4.79 Å². The molecule has 1 atom stereocenters. The zero-order chi connectivity index (χ0) is 19.5. The van der Waals surface area contributed by atoms with Crippen molar-refractivity contribution in [3.05, 3.63) is 72.8 Å². The Labute approximate surface area is 164 Å². The van der Waals surface area contributed by atoms with Gasteiger partial charge in [0.1, 0.15) is 17.2 Å². The van der Waals surface area contributed by atoms with Gasteiger partial charge in [0.05, 0.1) is 20.8 Å². The van der Waals surface area contributed by atoms with Crippen molar-refractivity contribution in [3.63, 3.8) is 0 Å². The summed E-state index contributed by atoms with van der Waals surface area (Å²) in [6.07, 6.45) is -0.485. The van der Waals surface area contributed by atoms with Crippen LogP contribution in [0.4, 0.5) is 5.69 Å². The summed E-state index contributed by atoms with van der Waals surface area (Å²) in [7, 11) is 3.26. The van der Waals surface area contributed by atoms with Gasteiger partial charge in [0.15, 0.2) is 6.10 Å². The van der Waals surface area contributed by atoms with Gasteiger partial charge >= 0.3 is 0 Å². The monoisotopic (exact) mass is 375 g/mol. The number of β-lactam (4-membered cyclic amide) rings is 1. The van der Waals surface area contributed by atoms with Crippen LogP contribution in [0.3, 0.4) is 0 Å². The third kappa shape index (κ3) is 3.39. The Morgan fingerprint density at radius 2 is 1.43 bits per heavy atom. The second-order valence-electron chi connectivity index (χ2n) is 6.48. The lowest BCUT2D eigenvalue weighted by Crippen LogP contribution is -2.59. The van der Waals surface area contributed by atoms with Gasteiger partial charge in [-0.05, 0) is 48.0 Å². The number of para-hydroxylation sites is 1. The largest absolute Gasteiger partial charge is 0.497 e. The van der Waals surface area contributed by atoms with Gasteiger partial charge in [-0.15, -0.1) is 0 Å². The van der Waals surface area contributed by atoms with Gasteiger partial charge in [-0.3, -0.25) is 4.79 Å². The van der Waals surface area contributed by atoms with Crippen LogP contribution >= 0.6 is 0 Å². The summed E-state index contributed by atoms with van der Waals surface area (Å²) < 4.78 is 16.4. The van der Waals surface area contributed by atoms with Crippen molar-refractivity contribution in [2.75, 3.05) is 25.7 Å². The highest BCUT2D eigenvalue weighted by atomic mass is 16.5. The van der Waals surface area contributed by atoms with Crippen LogP contribution in [0.15, 0.2) is 72.8 Å². The van der Waals surface area contributed by atoms with E-state index in [1.807, 2.05) is 72.8 Å². The predicted molar refractivity (Wildman–Crippen MR) is 108 cm³/mol. The van der Waals surface area contributed by atoms with Gasteiger partial charge in [0.2, 0.25) is 0 Å². The van der Waals surface area contributed by atoms with E-state index in [0.717, 1.165) is 28.3 Å². The molecule has 5 nitrogen and oxygen atoms in total. The quantitative estimate of drug-likeness (QED) is 0.607. The van der Waals surface area contributed by atoms with Crippen LogP contribution in [0.1, 0.15) is 0 Å². The van der Waals surface area contributed by atoms with Crippen molar-refractivity contribution in [1.82, 2.24) is 0 Å². The molecule has 4 rings (SSSR count). The molecule has 0 spiro atoms. The Morgan fingerprint density at radius 1 is 0.821 bits per heavy atom. The molecule has 0 aliphatic carbocycles. The molecule has 5 heteroatoms. The number of carbonyl (C=O) groups is 1. The molecular weight excluding hydrogens is 354 g/mol. The van der Waals surface area contributed by atoms with Gasteiger partial charge < -0.3 is 19.1 Å². The fraction of sp³-hybridized carbons (Fsp3) is 0.174. The van der Waals surface area contributed by atoms with Crippen molar-refractivity contribution in [2.24, 2.45) is 0 Å². The molecule has 1 heterocycles. The van der Waals surface area contributed by atoms with Crippen LogP contribution in [0.25, 0.3) is 11.1 Å². The molecule has 28 heavy (non-hydrogen) atoms. The number of hydrogen-bond donors (Lipinski definition) is 0. The molecule has 3 aromatic rings. The van der Waals surface area contributed by atoms with Crippen molar-refractivity contribution in [3.8, 4) is 28.4 Å². The minimum atomic E-state index is -0.485. The maximum Gasteiger partial charge on any atom is 0.270 e. The Hall–Kier alpha value is -3.47. The molecule has 0 N–H and O–H groups in total. The van der Waals surface area contributed by atoms with E-state index in [1.54, 1.807) is 19.1 Å². The first-order valence-electron chi connectivity index (χ1n) is 9.05. The summed E-state index contributed by atoms with van der Waals surface area (Å²) in [6, 6.07) is 23.0. The number of benzene rings is 3. The van der Waals surface area contributed by atoms with E-state index >= 15 is 0 Å². The highest BCUT2D eigenvalue weighted by molar-refractivity contribution is 6.03. The fourth-order valence-electron chi connectivity index (χ4n) is 3.21. The summed E-state index contributed by atoms with van der Waals surface area (Å²) in [6.45, 7) is 0.516. The summed E-state index contributed by atoms with van der Waals surface area (Å²) >= 11 is 0. The smallest absolute Gasteiger partial charge is 0.270 e. The second kappa shape index (κ2) is 7.64. The average molecular weight is 375 g/mol. The standard InChI is InChI=1S/C23H21NO4/c1-26-18-11-7-16(8-12-18)20-5-3-4-6-21(20)28-22-15-24(23(22)25)17-9-13-19(27-2)14-10-17/h3-14,22H,15H2,1-2H3. The molecule has 1 saturated heterocycles. The van der Waals surface area contributed by atoms with Gasteiger partial charge in [-0.2, -0.15) is 0 Å². The van der Waals surface area contributed by atoms with Crippen LogP contribution in [-0.2, 0) is 4.79 Å². The third-order valence-electron chi connectivity index (χ3n) is 4.83. The lowest BCUT2D eigenvalue weighted by molar-refractivity contribution is -0.130. The molecule has 0 radical (unpaired) electrons. The SMILES string of the molecule is COc1ccc(-c2ccccc2OC2CN(c3ccc(OC)cc3)C2=O)cc1. The number of nitrogens with zero attached hydrogens (tertiary/aromatic N) is 1. The topological polar surface area (TPSA) is 48.0 Å². The number of ether oxygens (including phenoxy) is 3. The summed E-state index contributed by atoms with van der Waals surface area (Å²) in [5.74, 6) is 2.21. The number of hydrogen-bond acceptors (Lipinski definition) is 4. The zero-order valence-corrected chi connectivity index (χ0v) is 15.8. The molecule has 1 aliphatic rings. The number of methoxy groups -OCH3 is 2. The van der Waals surface area contributed by atoms with Crippen LogP contribution in [0.2, 0.25) is 0 Å². The van der Waals surface area contributed by atoms with Gasteiger partial charge in [-0.1, -0.05) is 30.3 Å². The van der Waals surface area contributed by atoms with E-state index < -0.39 is 6.10 Å². The molecule has 1 amide bonds. The average Bonchev–Trinajstić information content (AvgIpc) is 2.76. The number of anilines is 1. The van der Waals surface area contributed by atoms with E-state index in [2.05, 4.69) is 0 Å². The first-order valence-corrected chi connectivity index (χ1v) is 9.05. The van der Waals surface area contributed by atoms with Crippen molar-refractivity contribution < 1.29 is 19.0 Å². The van der Waals surface area contributed by atoms with E-state index in [4.69, 9.17) is 14.2 Å². The van der Waals surface area contributed by atoms with E-state index in [1.165, 1.54) is 0 Å². The second-order valence-corrected chi connectivity index (χ2v) is 6.48. The maximum absolute atomic E-state index is 12.6. The fourth-order valence-corrected chi connectivity index (χ4v) is 3.21. The number of carbonyl (C=O) groups excluding carboxylic acids is 1. The van der Waals surface area contributed by atoms with Crippen molar-refractivity contribution in [1.29, 1.82) is 0 Å². The first kappa shape index (κ1) is 17.9. The van der Waals surface area contributed by atoms with Gasteiger partial charge in [0.25, 0.3) is 5.91 Å². The lowest BCUT2D eigenvalue weighted by Gasteiger charge is -2.38. The van der Waals surface area contributed by atoms with Crippen LogP contribution in [0, 0.1) is 0 Å². The van der Waals surface area contributed by atoms with Crippen molar-refractivity contribution >= 4 is 11.6 Å². The highest BCUT2D eigenvalue weighted by Crippen LogP contribution is 2.34. The molecule has 0 saturated carbocycles. The molecule has 0 bridgehead atoms. The molecule has 3 aromatic carbocycles. The molecule has 1 unspecified atom stereocenters. The summed E-state index contributed by atoms with van der Waals surface area (Å²) in [5.41, 5.74) is 2.80. The normalized spacial score (nSPS) is 15.7. The highest BCUT2D eigenvalue weighted by Gasteiger charge is 2.40. The summed E-state index contributed by atoms with van der Waals surface area (Å²) in [5, 5.41) is 0. The Kier molecular flexibility index (Phi) is 4.89. The first-order chi connectivity index (χ1) is 13.7. The lowest BCUT2D eigenvalue weighted by atomic mass is 10.0. The number of rotatable bonds is 6. The zero-order valence-electron chi connectivity index (χ0n) is 15.8. The third-order valence-corrected chi connectivity index (χ3v) is 4.83. The van der Waals surface area contributed by atoms with E-state index in [0.29, 0.717) is 12.3 Å². The predicted octanol–water partition coefficient (Wildman–Crippen LogP) is 4.17. The molecular formula is C23H21NO4. The van der Waals surface area contributed by atoms with Gasteiger partial charge in [-0.25, -0.2) is 0 Å². The minimum Gasteiger partial charge on any atom is -0.497 e. The Balaban J connectivity index is 1.49. The minimum absolute atomic E-state index is 0.0466. The number of amides is 1. The van der Waals surface area contributed by atoms with Crippen LogP contribution in [0.5, 0.6) is 17.2 Å². The molecule has 142 valence electrons.